The van der Waals surface area contributed by atoms with Gasteiger partial charge in [-0.25, -0.2) is 9.97 Å². The summed E-state index contributed by atoms with van der Waals surface area (Å²) in [5.41, 5.74) is 2.30. The number of aromatic nitrogens is 2. The van der Waals surface area contributed by atoms with Gasteiger partial charge in [-0.3, -0.25) is 4.79 Å². The van der Waals surface area contributed by atoms with Crippen LogP contribution in [0.1, 0.15) is 31.5 Å². The summed E-state index contributed by atoms with van der Waals surface area (Å²) in [6.07, 6.45) is -1.11. The molecule has 0 spiro atoms. The first-order chi connectivity index (χ1) is 16.7. The normalized spacial score (nSPS) is 11.5. The highest BCUT2D eigenvalue weighted by atomic mass is 32.2. The van der Waals surface area contributed by atoms with Gasteiger partial charge in [-0.1, -0.05) is 25.1 Å². The van der Waals surface area contributed by atoms with E-state index in [9.17, 15) is 18.0 Å². The van der Waals surface area contributed by atoms with Crippen LogP contribution in [0, 0.1) is 0 Å². The number of amides is 1. The summed E-state index contributed by atoms with van der Waals surface area (Å²) in [4.78, 5) is 21.6. The van der Waals surface area contributed by atoms with Gasteiger partial charge in [0.2, 0.25) is 5.91 Å². The Morgan fingerprint density at radius 1 is 1.00 bits per heavy atom. The third-order valence-electron chi connectivity index (χ3n) is 5.15. The lowest BCUT2D eigenvalue weighted by Gasteiger charge is -2.16. The molecule has 0 aliphatic rings. The monoisotopic (exact) mass is 496 g/mol. The van der Waals surface area contributed by atoms with Crippen LogP contribution in [0.15, 0.2) is 76.7 Å². The van der Waals surface area contributed by atoms with E-state index >= 15 is 0 Å². The molecule has 0 bridgehead atoms. The van der Waals surface area contributed by atoms with Gasteiger partial charge in [0.25, 0.3) is 0 Å². The topological polar surface area (TPSA) is 66.9 Å². The van der Waals surface area contributed by atoms with Crippen molar-refractivity contribution in [1.29, 1.82) is 0 Å². The molecule has 0 saturated carbocycles. The molecule has 0 saturated heterocycles. The Bertz CT molecular complexity index is 1360. The zero-order valence-corrected chi connectivity index (χ0v) is 19.9. The number of nitrogens with zero attached hydrogens (tertiary/aromatic N) is 2. The molecule has 0 aliphatic carbocycles. The number of benzene rings is 2. The molecule has 4 rings (SSSR count). The third kappa shape index (κ3) is 6.10. The van der Waals surface area contributed by atoms with Crippen molar-refractivity contribution >= 4 is 45.8 Å². The molecule has 1 amide bonds. The van der Waals surface area contributed by atoms with E-state index in [1.165, 1.54) is 24.8 Å². The fourth-order valence-electron chi connectivity index (χ4n) is 3.55. The Hall–Kier alpha value is -3.59. The summed E-state index contributed by atoms with van der Waals surface area (Å²) in [7, 11) is 0. The van der Waals surface area contributed by atoms with Crippen LogP contribution in [-0.2, 0) is 17.4 Å². The van der Waals surface area contributed by atoms with E-state index in [4.69, 9.17) is 0 Å². The number of aryl methyl sites for hydroxylation is 1. The van der Waals surface area contributed by atoms with Crippen molar-refractivity contribution in [2.45, 2.75) is 42.7 Å². The number of hydrogen-bond donors (Lipinski definition) is 2. The molecular weight excluding hydrogens is 473 g/mol. The van der Waals surface area contributed by atoms with E-state index in [-0.39, 0.29) is 5.91 Å². The maximum absolute atomic E-state index is 13.5. The quantitative estimate of drug-likeness (QED) is 0.278. The smallest absolute Gasteiger partial charge is 0.354 e. The number of halogens is 3. The van der Waals surface area contributed by atoms with Crippen LogP contribution in [0.25, 0.3) is 11.0 Å². The average molecular weight is 497 g/mol. The molecule has 5 nitrogen and oxygen atoms in total. The Balaban J connectivity index is 1.69. The number of alkyl halides is 3. The maximum Gasteiger partial charge on any atom is 0.416 e. The highest BCUT2D eigenvalue weighted by Crippen LogP contribution is 2.40. The second-order valence-electron chi connectivity index (χ2n) is 7.92. The molecule has 2 N–H and O–H groups in total. The maximum atomic E-state index is 13.5. The Labute approximate surface area is 205 Å². The van der Waals surface area contributed by atoms with Crippen LogP contribution in [0.5, 0.6) is 0 Å². The first-order valence-electron chi connectivity index (χ1n) is 11.0. The Morgan fingerprint density at radius 3 is 2.46 bits per heavy atom. The minimum absolute atomic E-state index is 0.180. The van der Waals surface area contributed by atoms with Crippen LogP contribution < -0.4 is 10.6 Å². The third-order valence-corrected chi connectivity index (χ3v) is 6.23. The van der Waals surface area contributed by atoms with Crippen molar-refractivity contribution in [1.82, 2.24) is 9.97 Å². The van der Waals surface area contributed by atoms with Gasteiger partial charge in [0.15, 0.2) is 5.65 Å². The molecule has 9 heteroatoms. The minimum Gasteiger partial charge on any atom is -0.354 e. The number of rotatable bonds is 7. The minimum atomic E-state index is -4.48. The van der Waals surface area contributed by atoms with Gasteiger partial charge in [-0.05, 0) is 67.1 Å². The van der Waals surface area contributed by atoms with Crippen LogP contribution in [-0.4, -0.2) is 15.9 Å². The highest BCUT2D eigenvalue weighted by Gasteiger charge is 2.31. The summed E-state index contributed by atoms with van der Waals surface area (Å²) in [5.74, 6) is -0.180. The van der Waals surface area contributed by atoms with Gasteiger partial charge >= 0.3 is 6.18 Å². The van der Waals surface area contributed by atoms with E-state index in [0.29, 0.717) is 27.6 Å². The van der Waals surface area contributed by atoms with Crippen molar-refractivity contribution in [3.63, 3.8) is 0 Å². The molecule has 2 aromatic carbocycles. The summed E-state index contributed by atoms with van der Waals surface area (Å²) in [6.45, 7) is 3.49. The summed E-state index contributed by atoms with van der Waals surface area (Å²) in [5, 5.41) is 6.60. The van der Waals surface area contributed by atoms with Gasteiger partial charge < -0.3 is 10.6 Å². The van der Waals surface area contributed by atoms with Crippen molar-refractivity contribution in [2.24, 2.45) is 0 Å². The van der Waals surface area contributed by atoms with Crippen molar-refractivity contribution in [2.75, 3.05) is 10.6 Å². The van der Waals surface area contributed by atoms with Gasteiger partial charge in [0.05, 0.1) is 16.9 Å². The first-order valence-corrected chi connectivity index (χ1v) is 11.8. The van der Waals surface area contributed by atoms with E-state index in [2.05, 4.69) is 27.5 Å². The molecule has 2 heterocycles. The fraction of sp³-hybridized carbons (Fsp3) is 0.192. The number of pyridine rings is 2. The number of fused-ring (bicyclic) bond motifs is 1. The SMILES string of the molecule is CCCc1ccc2c(Nc3cc(C(F)(F)F)ccc3Sc3ccc(NC(C)=O)cc3)ccnc2n1. The summed E-state index contributed by atoms with van der Waals surface area (Å²) >= 11 is 1.32. The van der Waals surface area contributed by atoms with Gasteiger partial charge in [-0.2, -0.15) is 13.2 Å². The molecule has 0 unspecified atom stereocenters. The lowest BCUT2D eigenvalue weighted by molar-refractivity contribution is -0.137. The van der Waals surface area contributed by atoms with Crippen LogP contribution in [0.3, 0.4) is 0 Å². The van der Waals surface area contributed by atoms with Crippen molar-refractivity contribution in [3.8, 4) is 0 Å². The van der Waals surface area contributed by atoms with E-state index in [0.717, 1.165) is 41.0 Å². The molecule has 0 atom stereocenters. The lowest BCUT2D eigenvalue weighted by Crippen LogP contribution is -2.06. The summed E-state index contributed by atoms with van der Waals surface area (Å²) < 4.78 is 40.5. The Morgan fingerprint density at radius 2 is 1.77 bits per heavy atom. The van der Waals surface area contributed by atoms with E-state index in [1.54, 1.807) is 36.5 Å². The number of nitrogens with one attached hydrogen (secondary N) is 2. The number of anilines is 3. The largest absolute Gasteiger partial charge is 0.416 e. The number of carbonyl (C=O) groups is 1. The van der Waals surface area contributed by atoms with Gasteiger partial charge in [-0.15, -0.1) is 0 Å². The predicted octanol–water partition coefficient (Wildman–Crippen LogP) is 7.45. The zero-order valence-electron chi connectivity index (χ0n) is 19.1. The second-order valence-corrected chi connectivity index (χ2v) is 9.04. The standard InChI is InChI=1S/C26H23F3N4OS/c1-3-4-18-8-11-21-22(13-14-30-25(21)32-18)33-23-15-17(26(27,28)29)5-12-24(23)35-20-9-6-19(7-10-20)31-16(2)34/h5-15H,3-4H2,1-2H3,(H,31,34)(H,30,32,33). The molecule has 35 heavy (non-hydrogen) atoms. The molecule has 4 aromatic rings. The Kier molecular flexibility index (Phi) is 7.25. The van der Waals surface area contributed by atoms with E-state index < -0.39 is 11.7 Å². The molecule has 0 fully saturated rings. The first kappa shape index (κ1) is 24.5. The molecule has 2 aromatic heterocycles. The van der Waals surface area contributed by atoms with Crippen LogP contribution in [0.2, 0.25) is 0 Å². The van der Waals surface area contributed by atoms with Crippen LogP contribution >= 0.6 is 11.8 Å². The van der Waals surface area contributed by atoms with Crippen molar-refractivity contribution in [3.05, 3.63) is 78.1 Å². The number of hydrogen-bond acceptors (Lipinski definition) is 5. The molecule has 0 radical (unpaired) electrons. The lowest BCUT2D eigenvalue weighted by atomic mass is 10.1. The summed E-state index contributed by atoms with van der Waals surface area (Å²) in [6, 6.07) is 16.3. The zero-order chi connectivity index (χ0) is 25.0. The fourth-order valence-corrected chi connectivity index (χ4v) is 4.43. The van der Waals surface area contributed by atoms with Gasteiger partial charge in [0, 0.05) is 39.7 Å². The van der Waals surface area contributed by atoms with E-state index in [1.807, 2.05) is 12.1 Å². The molecule has 180 valence electrons. The second kappa shape index (κ2) is 10.4. The molecule has 0 aliphatic heterocycles. The van der Waals surface area contributed by atoms with Crippen LogP contribution in [0.4, 0.5) is 30.2 Å². The average Bonchev–Trinajstić information content (AvgIpc) is 2.80. The molecular formula is C26H23F3N4OS. The number of carbonyl (C=O) groups excluding carboxylic acids is 1. The predicted molar refractivity (Wildman–Crippen MR) is 133 cm³/mol. The van der Waals surface area contributed by atoms with Gasteiger partial charge in [0.1, 0.15) is 0 Å². The highest BCUT2D eigenvalue weighted by molar-refractivity contribution is 7.99. The van der Waals surface area contributed by atoms with Crippen molar-refractivity contribution < 1.29 is 18.0 Å².